The predicted molar refractivity (Wildman–Crippen MR) is 114 cm³/mol. The van der Waals surface area contributed by atoms with Gasteiger partial charge in [0.15, 0.2) is 17.5 Å². The van der Waals surface area contributed by atoms with E-state index in [4.69, 9.17) is 9.26 Å². The molecular formula is C20H34N8O2. The van der Waals surface area contributed by atoms with Crippen LogP contribution in [0.1, 0.15) is 49.3 Å². The van der Waals surface area contributed by atoms with Crippen LogP contribution in [-0.4, -0.2) is 70.2 Å². The normalized spacial score (nSPS) is 15.7. The number of aryl methyl sites for hydroxylation is 1. The van der Waals surface area contributed by atoms with Gasteiger partial charge in [-0.15, -0.1) is 10.2 Å². The minimum atomic E-state index is 0.341. The SMILES string of the molecule is Cc1nnc(CN=C(NCCCN2CCOCC2)NCc2cc(C(C)C)no2)n1C. The molecule has 0 saturated carbocycles. The summed E-state index contributed by atoms with van der Waals surface area (Å²) in [5.41, 5.74) is 0.957. The fourth-order valence-corrected chi connectivity index (χ4v) is 3.10. The Bertz CT molecular complexity index is 808. The van der Waals surface area contributed by atoms with Gasteiger partial charge < -0.3 is 24.5 Å². The van der Waals surface area contributed by atoms with Crippen LogP contribution in [0.5, 0.6) is 0 Å². The third-order valence-corrected chi connectivity index (χ3v) is 5.21. The van der Waals surface area contributed by atoms with Gasteiger partial charge in [-0.1, -0.05) is 19.0 Å². The van der Waals surface area contributed by atoms with E-state index in [9.17, 15) is 0 Å². The van der Waals surface area contributed by atoms with E-state index in [2.05, 4.69) is 49.7 Å². The van der Waals surface area contributed by atoms with Crippen LogP contribution in [-0.2, 0) is 24.9 Å². The molecular weight excluding hydrogens is 384 g/mol. The average Bonchev–Trinajstić information content (AvgIpc) is 3.35. The molecule has 2 N–H and O–H groups in total. The molecule has 0 atom stereocenters. The Balaban J connectivity index is 1.54. The Morgan fingerprint density at radius 3 is 2.70 bits per heavy atom. The van der Waals surface area contributed by atoms with Crippen molar-refractivity contribution in [3.63, 3.8) is 0 Å². The molecule has 0 amide bonds. The Labute approximate surface area is 178 Å². The quantitative estimate of drug-likeness (QED) is 0.355. The molecule has 30 heavy (non-hydrogen) atoms. The molecule has 0 bridgehead atoms. The van der Waals surface area contributed by atoms with Crippen molar-refractivity contribution in [2.45, 2.75) is 46.2 Å². The first-order chi connectivity index (χ1) is 14.5. The molecule has 0 radical (unpaired) electrons. The maximum absolute atomic E-state index is 5.43. The number of hydrogen-bond acceptors (Lipinski definition) is 7. The molecule has 1 fully saturated rings. The smallest absolute Gasteiger partial charge is 0.192 e. The Hall–Kier alpha value is -2.46. The lowest BCUT2D eigenvalue weighted by atomic mass is 10.1. The summed E-state index contributed by atoms with van der Waals surface area (Å²) in [4.78, 5) is 7.12. The van der Waals surface area contributed by atoms with Crippen LogP contribution in [0.25, 0.3) is 0 Å². The van der Waals surface area contributed by atoms with Gasteiger partial charge in [-0.2, -0.15) is 0 Å². The summed E-state index contributed by atoms with van der Waals surface area (Å²) >= 11 is 0. The number of guanidine groups is 1. The lowest BCUT2D eigenvalue weighted by molar-refractivity contribution is 0.0376. The first kappa shape index (κ1) is 22.2. The Morgan fingerprint density at radius 2 is 2.03 bits per heavy atom. The highest BCUT2D eigenvalue weighted by Crippen LogP contribution is 2.13. The van der Waals surface area contributed by atoms with Crippen molar-refractivity contribution in [1.29, 1.82) is 0 Å². The monoisotopic (exact) mass is 418 g/mol. The van der Waals surface area contributed by atoms with Crippen molar-refractivity contribution in [2.24, 2.45) is 12.0 Å². The van der Waals surface area contributed by atoms with Crippen molar-refractivity contribution in [3.8, 4) is 0 Å². The summed E-state index contributed by atoms with van der Waals surface area (Å²) in [5.74, 6) is 3.55. The Kier molecular flexibility index (Phi) is 8.21. The molecule has 3 heterocycles. The standard InChI is InChI=1S/C20H34N8O2/c1-15(2)18-12-17(30-26-18)13-22-20(23-14-19-25-24-16(3)27(19)4)21-6-5-7-28-8-10-29-11-9-28/h12,15H,5-11,13-14H2,1-4H3,(H2,21,22,23). The van der Waals surface area contributed by atoms with Crippen LogP contribution in [0.4, 0.5) is 0 Å². The van der Waals surface area contributed by atoms with E-state index in [0.29, 0.717) is 19.0 Å². The second-order valence-corrected chi connectivity index (χ2v) is 7.85. The van der Waals surface area contributed by atoms with Crippen LogP contribution >= 0.6 is 0 Å². The zero-order valence-electron chi connectivity index (χ0n) is 18.5. The van der Waals surface area contributed by atoms with Crippen LogP contribution in [0.15, 0.2) is 15.6 Å². The molecule has 0 aromatic carbocycles. The Morgan fingerprint density at radius 1 is 1.23 bits per heavy atom. The van der Waals surface area contributed by atoms with Crippen LogP contribution in [0.2, 0.25) is 0 Å². The van der Waals surface area contributed by atoms with Gasteiger partial charge in [-0.3, -0.25) is 4.90 Å². The number of nitrogens with zero attached hydrogens (tertiary/aromatic N) is 6. The molecule has 1 aliphatic rings. The summed E-state index contributed by atoms with van der Waals surface area (Å²) in [6.45, 7) is 12.6. The van der Waals surface area contributed by atoms with Gasteiger partial charge in [-0.05, 0) is 25.8 Å². The minimum Gasteiger partial charge on any atom is -0.379 e. The van der Waals surface area contributed by atoms with Gasteiger partial charge in [0.2, 0.25) is 0 Å². The van der Waals surface area contributed by atoms with E-state index in [1.807, 2.05) is 24.6 Å². The van der Waals surface area contributed by atoms with Gasteiger partial charge in [-0.25, -0.2) is 4.99 Å². The minimum absolute atomic E-state index is 0.341. The third kappa shape index (κ3) is 6.53. The molecule has 0 spiro atoms. The summed E-state index contributed by atoms with van der Waals surface area (Å²) < 4.78 is 12.8. The maximum atomic E-state index is 5.43. The highest BCUT2D eigenvalue weighted by atomic mass is 16.5. The van der Waals surface area contributed by atoms with Crippen molar-refractivity contribution in [2.75, 3.05) is 39.4 Å². The van der Waals surface area contributed by atoms with E-state index in [1.54, 1.807) is 0 Å². The summed E-state index contributed by atoms with van der Waals surface area (Å²) in [7, 11) is 1.95. The molecule has 3 rings (SSSR count). The van der Waals surface area contributed by atoms with Gasteiger partial charge in [0, 0.05) is 32.7 Å². The highest BCUT2D eigenvalue weighted by molar-refractivity contribution is 5.79. The van der Waals surface area contributed by atoms with E-state index in [1.165, 1.54) is 0 Å². The van der Waals surface area contributed by atoms with E-state index in [0.717, 1.165) is 74.9 Å². The van der Waals surface area contributed by atoms with Crippen molar-refractivity contribution in [3.05, 3.63) is 29.2 Å². The molecule has 2 aromatic rings. The van der Waals surface area contributed by atoms with Gasteiger partial charge in [0.05, 0.1) is 25.5 Å². The van der Waals surface area contributed by atoms with E-state index < -0.39 is 0 Å². The highest BCUT2D eigenvalue weighted by Gasteiger charge is 2.11. The third-order valence-electron chi connectivity index (χ3n) is 5.21. The molecule has 0 unspecified atom stereocenters. The zero-order valence-corrected chi connectivity index (χ0v) is 18.5. The fraction of sp³-hybridized carbons (Fsp3) is 0.700. The number of nitrogens with one attached hydrogen (secondary N) is 2. The predicted octanol–water partition coefficient (Wildman–Crippen LogP) is 1.19. The number of morpholine rings is 1. The lowest BCUT2D eigenvalue weighted by Gasteiger charge is -2.26. The fourth-order valence-electron chi connectivity index (χ4n) is 3.10. The summed E-state index contributed by atoms with van der Waals surface area (Å²) in [6.07, 6.45) is 1.03. The second kappa shape index (κ2) is 11.1. The van der Waals surface area contributed by atoms with Crippen LogP contribution in [0, 0.1) is 6.92 Å². The van der Waals surface area contributed by atoms with Gasteiger partial charge in [0.25, 0.3) is 0 Å². The number of ether oxygens (including phenoxy) is 1. The van der Waals surface area contributed by atoms with E-state index in [-0.39, 0.29) is 0 Å². The first-order valence-corrected chi connectivity index (χ1v) is 10.7. The maximum Gasteiger partial charge on any atom is 0.192 e. The average molecular weight is 419 g/mol. The lowest BCUT2D eigenvalue weighted by Crippen LogP contribution is -2.40. The number of hydrogen-bond donors (Lipinski definition) is 2. The van der Waals surface area contributed by atoms with Crippen molar-refractivity contribution >= 4 is 5.96 Å². The zero-order chi connectivity index (χ0) is 21.3. The second-order valence-electron chi connectivity index (χ2n) is 7.85. The van der Waals surface area contributed by atoms with Crippen molar-refractivity contribution in [1.82, 2.24) is 35.5 Å². The van der Waals surface area contributed by atoms with Crippen LogP contribution in [0.3, 0.4) is 0 Å². The number of aliphatic imine (C=N–C) groups is 1. The summed E-state index contributed by atoms with van der Waals surface area (Å²) in [6, 6.07) is 1.99. The molecule has 166 valence electrons. The van der Waals surface area contributed by atoms with Crippen LogP contribution < -0.4 is 10.6 Å². The topological polar surface area (TPSA) is 106 Å². The van der Waals surface area contributed by atoms with E-state index >= 15 is 0 Å². The molecule has 0 aliphatic carbocycles. The summed E-state index contributed by atoms with van der Waals surface area (Å²) in [5, 5.41) is 19.2. The number of rotatable bonds is 9. The number of aromatic nitrogens is 4. The van der Waals surface area contributed by atoms with Gasteiger partial charge in [0.1, 0.15) is 12.4 Å². The molecule has 1 aliphatic heterocycles. The van der Waals surface area contributed by atoms with Gasteiger partial charge >= 0.3 is 0 Å². The largest absolute Gasteiger partial charge is 0.379 e. The van der Waals surface area contributed by atoms with Crippen molar-refractivity contribution < 1.29 is 9.26 Å². The first-order valence-electron chi connectivity index (χ1n) is 10.7. The molecule has 2 aromatic heterocycles. The molecule has 10 heteroatoms. The molecule has 1 saturated heterocycles. The molecule has 10 nitrogen and oxygen atoms in total.